The number of rotatable bonds is 0. The summed E-state index contributed by atoms with van der Waals surface area (Å²) in [6, 6.07) is 0. The molecule has 0 saturated carbocycles. The summed E-state index contributed by atoms with van der Waals surface area (Å²) in [7, 11) is -14.5. The van der Waals surface area contributed by atoms with Crippen LogP contribution < -0.4 is 38.4 Å². The molecule has 0 fully saturated rings. The van der Waals surface area contributed by atoms with Gasteiger partial charge in [0, 0.05) is 36.7 Å². The molecule has 0 amide bonds. The Hall–Kier alpha value is 3.53. The molecule has 0 spiro atoms. The molecule has 0 aliphatic heterocycles. The molecule has 29 heavy (non-hydrogen) atoms. The van der Waals surface area contributed by atoms with E-state index in [1.165, 1.54) is 0 Å². The first-order valence-corrected chi connectivity index (χ1v) is 7.35. The van der Waals surface area contributed by atoms with Gasteiger partial charge in [-0.2, -0.15) is 0 Å². The van der Waals surface area contributed by atoms with Crippen molar-refractivity contribution >= 4 is 150 Å². The first-order chi connectivity index (χ1) is 6.93. The van der Waals surface area contributed by atoms with Crippen molar-refractivity contribution in [3.05, 3.63) is 0 Å². The van der Waals surface area contributed by atoms with Crippen molar-refractivity contribution in [1.29, 1.82) is 0 Å². The van der Waals surface area contributed by atoms with Crippen LogP contribution in [0.2, 0.25) is 0 Å². The van der Waals surface area contributed by atoms with Crippen molar-refractivity contribution in [2.45, 2.75) is 0 Å². The van der Waals surface area contributed by atoms with Crippen LogP contribution in [0.3, 0.4) is 0 Å². The third-order valence-corrected chi connectivity index (χ3v) is 0. The molecule has 167 valence electrons. The molecule has 0 aromatic rings. The summed E-state index contributed by atoms with van der Waals surface area (Å²) < 4.78 is 34.1. The molecule has 29 heteroatoms. The molecule has 0 aromatic heterocycles. The fraction of sp³-hybridized carbons (Fsp3) is 0. The molecule has 0 unspecified atom stereocenters. The molecule has 0 heterocycles. The molecule has 0 saturated heterocycles. The first kappa shape index (κ1) is 134. The monoisotopic (exact) mass is 711 g/mol. The molecule has 0 aromatic carbocycles. The van der Waals surface area contributed by atoms with E-state index in [-0.39, 0.29) is 203 Å². The van der Waals surface area contributed by atoms with Crippen LogP contribution in [0.15, 0.2) is 0 Å². The zero-order chi connectivity index (χ0) is 14.3. The summed E-state index contributed by atoms with van der Waals surface area (Å²) in [6.07, 6.45) is 0. The number of hydrogen-bond donors (Lipinski definition) is 0. The van der Waals surface area contributed by atoms with Crippen LogP contribution >= 0.6 is 0 Å². The van der Waals surface area contributed by atoms with Crippen molar-refractivity contribution in [3.63, 3.8) is 0 Å². The topological polar surface area (TPSA) is 467 Å². The van der Waals surface area contributed by atoms with Gasteiger partial charge in [-0.15, -0.1) is 0 Å². The van der Waals surface area contributed by atoms with E-state index < -0.39 is 36.7 Å². The molecule has 0 rings (SSSR count). The summed E-state index contributed by atoms with van der Waals surface area (Å²) in [4.78, 5) is 68.1. The molecule has 0 aliphatic rings. The smallest absolute Gasteiger partial charge is 0.870 e. The van der Waals surface area contributed by atoms with Gasteiger partial charge in [-0.1, -0.05) is 0 Å². The van der Waals surface area contributed by atoms with Crippen molar-refractivity contribution < 1.29 is 146 Å². The maximum absolute atomic E-state index is 8.52. The Labute approximate surface area is 290 Å². The normalized spacial score (nSPS) is 3.31. The van der Waals surface area contributed by atoms with E-state index in [4.69, 9.17) is 56.2 Å². The van der Waals surface area contributed by atoms with Crippen LogP contribution in [0, 0.1) is 0 Å². The third-order valence-electron chi connectivity index (χ3n) is 0. The van der Waals surface area contributed by atoms with Crippen LogP contribution in [-0.2, 0) is 69.1 Å². The number of hydrogen-bond acceptors (Lipinski definition) is 16. The molecule has 3 radical (unpaired) electrons. The zero-order valence-corrected chi connectivity index (χ0v) is 27.6. The van der Waals surface area contributed by atoms with Crippen LogP contribution in [0.4, 0.5) is 0 Å². The van der Waals surface area contributed by atoms with Gasteiger partial charge >= 0.3 is 164 Å². The Morgan fingerprint density at radius 3 is 0.345 bits per heavy atom. The maximum Gasteiger partial charge on any atom is 2.00 e. The third kappa shape index (κ3) is 2210. The molecule has 0 aliphatic carbocycles. The second-order valence-electron chi connectivity index (χ2n) is 1.00. The Balaban J connectivity index is -0.00000000384. The molecular formula is H10Ca3Mn3O19Si4. The van der Waals surface area contributed by atoms with Crippen LogP contribution in [0.5, 0.6) is 0 Å². The first-order valence-electron chi connectivity index (χ1n) is 2.45. The fourth-order valence-electron chi connectivity index (χ4n) is 0. The van der Waals surface area contributed by atoms with Crippen molar-refractivity contribution in [2.24, 2.45) is 0 Å². The van der Waals surface area contributed by atoms with Crippen molar-refractivity contribution in [3.8, 4) is 0 Å². The van der Waals surface area contributed by atoms with E-state index in [1.807, 2.05) is 0 Å². The summed E-state index contributed by atoms with van der Waals surface area (Å²) >= 11 is 0. The van der Waals surface area contributed by atoms with Gasteiger partial charge in [0.1, 0.15) is 0 Å². The van der Waals surface area contributed by atoms with E-state index in [0.717, 1.165) is 0 Å². The minimum atomic E-state index is -3.63. The van der Waals surface area contributed by atoms with E-state index >= 15 is 0 Å². The van der Waals surface area contributed by atoms with E-state index in [9.17, 15) is 0 Å². The van der Waals surface area contributed by atoms with Gasteiger partial charge in [0.25, 0.3) is 0 Å². The van der Waals surface area contributed by atoms with Crippen LogP contribution in [0.25, 0.3) is 0 Å². The van der Waals surface area contributed by atoms with E-state index in [2.05, 4.69) is 0 Å². The fourth-order valence-corrected chi connectivity index (χ4v) is 0. The molecule has 10 N–H and O–H groups in total. The van der Waals surface area contributed by atoms with Crippen molar-refractivity contribution in [2.75, 3.05) is 0 Å². The van der Waals surface area contributed by atoms with E-state index in [1.54, 1.807) is 0 Å². The largest absolute Gasteiger partial charge is 2.00 e. The Bertz CT molecular complexity index is 183. The van der Waals surface area contributed by atoms with Gasteiger partial charge in [-0.25, -0.2) is 0 Å². The van der Waals surface area contributed by atoms with Gasteiger partial charge in [-0.05, 0) is 0 Å². The zero-order valence-electron chi connectivity index (χ0n) is 13.4. The Morgan fingerprint density at radius 1 is 0.345 bits per heavy atom. The second kappa shape index (κ2) is 122. The SMILES string of the molecule is O.O.O.O=[Si]([O-])[O-].O=[Si]([O-])[O-].O=[Si]([O-])[O-].O=[Si]([O-])[O-].[Ca+2].[Ca+2].[Ca+2].[Mn+2].[Mn+2].[Mn+2].[OH-].[OH-].[OH-].[OH-]. The summed E-state index contributed by atoms with van der Waals surface area (Å²) in [6.45, 7) is 0. The van der Waals surface area contributed by atoms with Crippen LogP contribution in [-0.4, -0.2) is 188 Å². The average Bonchev–Trinajstić information content (AvgIpc) is 1.76. The molecule has 0 bridgehead atoms. The summed E-state index contributed by atoms with van der Waals surface area (Å²) in [5, 5.41) is 0. The quantitative estimate of drug-likeness (QED) is 0.210. The summed E-state index contributed by atoms with van der Waals surface area (Å²) in [5.41, 5.74) is 0. The minimum absolute atomic E-state index is 0. The summed E-state index contributed by atoms with van der Waals surface area (Å²) in [5.74, 6) is 0. The van der Waals surface area contributed by atoms with Gasteiger partial charge in [0.2, 0.25) is 0 Å². The Morgan fingerprint density at radius 2 is 0.345 bits per heavy atom. The molecular weight excluding hydrogens is 701 g/mol. The minimum Gasteiger partial charge on any atom is -0.870 e. The van der Waals surface area contributed by atoms with Gasteiger partial charge in [0.05, 0.1) is 0 Å². The van der Waals surface area contributed by atoms with Gasteiger partial charge < -0.3 is 94.5 Å². The Kier molecular flexibility index (Phi) is 564. The molecule has 19 nitrogen and oxygen atoms in total. The van der Waals surface area contributed by atoms with Crippen molar-refractivity contribution in [1.82, 2.24) is 0 Å². The van der Waals surface area contributed by atoms with Gasteiger partial charge in [-0.3, -0.25) is 0 Å². The maximum atomic E-state index is 8.52. The van der Waals surface area contributed by atoms with Gasteiger partial charge in [0.15, 0.2) is 0 Å². The predicted octanol–water partition coefficient (Wildman–Crippen LogP) is -15.8. The van der Waals surface area contributed by atoms with Crippen LogP contribution in [0.1, 0.15) is 0 Å². The standard InChI is InChI=1S/3Ca.3Mn.4O3Si.7H2O/c;;;;;;4*1-4(2)3;;;;;;;/h;;;;;;;;;;7*1H2/q6*+2;4*-2;;;;;;;/p-4. The van der Waals surface area contributed by atoms with E-state index in [0.29, 0.717) is 0 Å². The second-order valence-corrected chi connectivity index (χ2v) is 3.00. The predicted molar refractivity (Wildman–Crippen MR) is 61.6 cm³/mol. The average molecular weight is 711 g/mol. The molecule has 0 atom stereocenters.